The van der Waals surface area contributed by atoms with Gasteiger partial charge in [-0.3, -0.25) is 0 Å². The smallest absolute Gasteiger partial charge is 0.163 e. The lowest BCUT2D eigenvalue weighted by Crippen LogP contribution is -2.05. The van der Waals surface area contributed by atoms with E-state index in [1.165, 1.54) is 0 Å². The van der Waals surface area contributed by atoms with Crippen molar-refractivity contribution in [2.75, 3.05) is 12.8 Å². The van der Waals surface area contributed by atoms with Crippen LogP contribution in [0, 0.1) is 0 Å². The number of nitrogens with two attached hydrogens (primary N) is 1. The lowest BCUT2D eigenvalue weighted by Gasteiger charge is -2.09. The molecule has 0 atom stereocenters. The first-order valence-corrected chi connectivity index (χ1v) is 5.91. The summed E-state index contributed by atoms with van der Waals surface area (Å²) in [5.41, 5.74) is 7.56. The minimum Gasteiger partial charge on any atom is -0.497 e. The highest BCUT2D eigenvalue weighted by Crippen LogP contribution is 2.22. The molecule has 0 radical (unpaired) electrons. The fourth-order valence-electron chi connectivity index (χ4n) is 2.00. The molecule has 3 rings (SSSR count). The van der Waals surface area contributed by atoms with Gasteiger partial charge in [0, 0.05) is 12.4 Å². The van der Waals surface area contributed by atoms with Crippen molar-refractivity contribution < 1.29 is 4.74 Å². The number of ether oxygens (including phenoxy) is 1. The van der Waals surface area contributed by atoms with Gasteiger partial charge in [0.1, 0.15) is 5.75 Å². The lowest BCUT2D eigenvalue weighted by atomic mass is 10.3. The number of hydrogen-bond acceptors (Lipinski definition) is 3. The van der Waals surface area contributed by atoms with Crippen LogP contribution >= 0.6 is 0 Å². The molecule has 3 aromatic rings. The van der Waals surface area contributed by atoms with E-state index in [-0.39, 0.29) is 0 Å². The number of anilines is 1. The van der Waals surface area contributed by atoms with Gasteiger partial charge < -0.3 is 15.0 Å². The van der Waals surface area contributed by atoms with Crippen LogP contribution in [0.4, 0.5) is 5.69 Å². The molecule has 5 heteroatoms. The first kappa shape index (κ1) is 11.4. The van der Waals surface area contributed by atoms with Crippen molar-refractivity contribution in [1.82, 2.24) is 14.3 Å². The summed E-state index contributed by atoms with van der Waals surface area (Å²) in [6, 6.07) is 11.6. The molecule has 0 aliphatic rings. The maximum absolute atomic E-state index is 6.00. The van der Waals surface area contributed by atoms with Crippen molar-refractivity contribution >= 4 is 5.69 Å². The third kappa shape index (κ3) is 1.95. The zero-order valence-corrected chi connectivity index (χ0v) is 10.5. The predicted octanol–water partition coefficient (Wildman–Crippen LogP) is 2.25. The Morgan fingerprint density at radius 3 is 2.42 bits per heavy atom. The van der Waals surface area contributed by atoms with Gasteiger partial charge in [0.25, 0.3) is 0 Å². The van der Waals surface area contributed by atoms with E-state index in [0.29, 0.717) is 5.69 Å². The number of hydrogen-bond donors (Lipinski definition) is 1. The number of aromatic nitrogens is 3. The first-order chi connectivity index (χ1) is 9.29. The molecular weight excluding hydrogens is 240 g/mol. The Morgan fingerprint density at radius 1 is 1.11 bits per heavy atom. The van der Waals surface area contributed by atoms with Gasteiger partial charge in [-0.05, 0) is 36.4 Å². The average molecular weight is 254 g/mol. The number of nitrogen functional groups attached to an aromatic ring is 1. The molecule has 19 heavy (non-hydrogen) atoms. The minimum atomic E-state index is 0.631. The second kappa shape index (κ2) is 4.53. The van der Waals surface area contributed by atoms with E-state index in [4.69, 9.17) is 10.5 Å². The second-order valence-corrected chi connectivity index (χ2v) is 4.12. The molecule has 2 aromatic heterocycles. The van der Waals surface area contributed by atoms with Crippen LogP contribution in [0.3, 0.4) is 0 Å². The third-order valence-electron chi connectivity index (χ3n) is 2.94. The van der Waals surface area contributed by atoms with Gasteiger partial charge in [-0.2, -0.15) is 5.10 Å². The van der Waals surface area contributed by atoms with Crippen molar-refractivity contribution in [3.05, 3.63) is 55.0 Å². The normalized spacial score (nSPS) is 10.6. The molecule has 0 aliphatic carbocycles. The van der Waals surface area contributed by atoms with E-state index in [2.05, 4.69) is 5.10 Å². The van der Waals surface area contributed by atoms with E-state index in [1.807, 2.05) is 53.4 Å². The van der Waals surface area contributed by atoms with E-state index in [9.17, 15) is 0 Å². The zero-order valence-electron chi connectivity index (χ0n) is 10.5. The van der Waals surface area contributed by atoms with E-state index < -0.39 is 0 Å². The topological polar surface area (TPSA) is 58.0 Å². The Morgan fingerprint density at radius 2 is 1.79 bits per heavy atom. The summed E-state index contributed by atoms with van der Waals surface area (Å²) in [5.74, 6) is 1.64. The maximum Gasteiger partial charge on any atom is 0.163 e. The maximum atomic E-state index is 6.00. The summed E-state index contributed by atoms with van der Waals surface area (Å²) < 4.78 is 8.89. The van der Waals surface area contributed by atoms with E-state index in [1.54, 1.807) is 18.0 Å². The Bertz CT molecular complexity index is 668. The highest BCUT2D eigenvalue weighted by molar-refractivity contribution is 5.56. The van der Waals surface area contributed by atoms with Crippen molar-refractivity contribution in [2.45, 2.75) is 0 Å². The minimum absolute atomic E-state index is 0.631. The molecule has 0 aliphatic heterocycles. The molecule has 96 valence electrons. The van der Waals surface area contributed by atoms with Gasteiger partial charge in [-0.15, -0.1) is 0 Å². The molecule has 5 nitrogen and oxygen atoms in total. The second-order valence-electron chi connectivity index (χ2n) is 4.12. The largest absolute Gasteiger partial charge is 0.497 e. The summed E-state index contributed by atoms with van der Waals surface area (Å²) >= 11 is 0. The number of rotatable bonds is 3. The van der Waals surface area contributed by atoms with Gasteiger partial charge in [0.15, 0.2) is 5.82 Å². The standard InChI is InChI=1S/C14H14N4O/c1-19-12-6-4-11(5-7-12)18-14(13(15)10-16-18)17-8-2-3-9-17/h2-10H,15H2,1H3. The van der Waals surface area contributed by atoms with Crippen molar-refractivity contribution in [3.8, 4) is 17.3 Å². The molecule has 1 aromatic carbocycles. The summed E-state index contributed by atoms with van der Waals surface area (Å²) in [7, 11) is 1.64. The highest BCUT2D eigenvalue weighted by Gasteiger charge is 2.11. The fourth-order valence-corrected chi connectivity index (χ4v) is 2.00. The number of benzene rings is 1. The summed E-state index contributed by atoms with van der Waals surface area (Å²) in [6.45, 7) is 0. The van der Waals surface area contributed by atoms with Gasteiger partial charge >= 0.3 is 0 Å². The summed E-state index contributed by atoms with van der Waals surface area (Å²) in [6.07, 6.45) is 5.53. The van der Waals surface area contributed by atoms with Crippen molar-refractivity contribution in [3.63, 3.8) is 0 Å². The van der Waals surface area contributed by atoms with Crippen LogP contribution in [0.15, 0.2) is 55.0 Å². The van der Waals surface area contributed by atoms with Crippen molar-refractivity contribution in [1.29, 1.82) is 0 Å². The Balaban J connectivity index is 2.10. The summed E-state index contributed by atoms with van der Waals surface area (Å²) in [4.78, 5) is 0. The molecule has 0 saturated heterocycles. The van der Waals surface area contributed by atoms with Crippen LogP contribution in [0.2, 0.25) is 0 Å². The van der Waals surface area contributed by atoms with Gasteiger partial charge in [-0.25, -0.2) is 4.68 Å². The monoisotopic (exact) mass is 254 g/mol. The molecule has 0 fully saturated rings. The molecular formula is C14H14N4O. The van der Waals surface area contributed by atoms with Crippen LogP contribution < -0.4 is 10.5 Å². The van der Waals surface area contributed by atoms with Crippen LogP contribution in [-0.4, -0.2) is 21.5 Å². The van der Waals surface area contributed by atoms with Crippen molar-refractivity contribution in [2.24, 2.45) is 0 Å². The van der Waals surface area contributed by atoms with Gasteiger partial charge in [0.05, 0.1) is 24.7 Å². The fraction of sp³-hybridized carbons (Fsp3) is 0.0714. The van der Waals surface area contributed by atoms with Crippen LogP contribution in [0.25, 0.3) is 11.5 Å². The Kier molecular flexibility index (Phi) is 2.72. The van der Waals surface area contributed by atoms with Crippen LogP contribution in [-0.2, 0) is 0 Å². The SMILES string of the molecule is COc1ccc(-n2ncc(N)c2-n2cccc2)cc1. The number of nitrogens with zero attached hydrogens (tertiary/aromatic N) is 3. The first-order valence-electron chi connectivity index (χ1n) is 5.91. The lowest BCUT2D eigenvalue weighted by molar-refractivity contribution is 0.414. The molecule has 2 N–H and O–H groups in total. The third-order valence-corrected chi connectivity index (χ3v) is 2.94. The average Bonchev–Trinajstić information content (AvgIpc) is 3.08. The molecule has 0 amide bonds. The number of methoxy groups -OCH3 is 1. The van der Waals surface area contributed by atoms with Crippen LogP contribution in [0.5, 0.6) is 5.75 Å². The molecule has 0 saturated carbocycles. The Hall–Kier alpha value is -2.69. The Labute approximate surface area is 110 Å². The van der Waals surface area contributed by atoms with E-state index >= 15 is 0 Å². The predicted molar refractivity (Wildman–Crippen MR) is 73.9 cm³/mol. The molecule has 0 bridgehead atoms. The zero-order chi connectivity index (χ0) is 13.2. The highest BCUT2D eigenvalue weighted by atomic mass is 16.5. The molecule has 2 heterocycles. The molecule has 0 spiro atoms. The van der Waals surface area contributed by atoms with Gasteiger partial charge in [0.2, 0.25) is 0 Å². The molecule has 0 unspecified atom stereocenters. The van der Waals surface area contributed by atoms with Crippen LogP contribution in [0.1, 0.15) is 0 Å². The van der Waals surface area contributed by atoms with E-state index in [0.717, 1.165) is 17.3 Å². The van der Waals surface area contributed by atoms with Gasteiger partial charge in [-0.1, -0.05) is 0 Å². The quantitative estimate of drug-likeness (QED) is 0.780. The summed E-state index contributed by atoms with van der Waals surface area (Å²) in [5, 5.41) is 4.33.